The second-order valence-corrected chi connectivity index (χ2v) is 5.95. The van der Waals surface area contributed by atoms with E-state index in [2.05, 4.69) is 36.1 Å². The molecule has 0 saturated carbocycles. The van der Waals surface area contributed by atoms with Crippen LogP contribution in [0.5, 0.6) is 5.75 Å². The maximum absolute atomic E-state index is 6.22. The molecule has 1 aromatic heterocycles. The molecule has 2 nitrogen and oxygen atoms in total. The van der Waals surface area contributed by atoms with Gasteiger partial charge in [0.25, 0.3) is 0 Å². The van der Waals surface area contributed by atoms with Gasteiger partial charge in [-0.15, -0.1) is 11.8 Å². The monoisotopic (exact) mass is 293 g/mol. The molecule has 2 rings (SSSR count). The Morgan fingerprint density at radius 2 is 2.11 bits per heavy atom. The first kappa shape index (κ1) is 14.4. The number of hydrogen-bond donors (Lipinski definition) is 1. The van der Waals surface area contributed by atoms with Crippen LogP contribution < -0.4 is 10.5 Å². The van der Waals surface area contributed by atoms with Gasteiger partial charge < -0.3 is 10.5 Å². The summed E-state index contributed by atoms with van der Waals surface area (Å²) in [7, 11) is 0. The molecule has 1 aromatic carbocycles. The molecule has 102 valence electrons. The number of thiophene rings is 1. The van der Waals surface area contributed by atoms with Crippen LogP contribution in [0.3, 0.4) is 0 Å². The van der Waals surface area contributed by atoms with E-state index in [1.165, 1.54) is 0 Å². The maximum atomic E-state index is 6.22. The number of ether oxygens (including phenoxy) is 1. The van der Waals surface area contributed by atoms with Crippen LogP contribution in [-0.2, 0) is 0 Å². The van der Waals surface area contributed by atoms with Gasteiger partial charge in [-0.1, -0.05) is 19.1 Å². The highest BCUT2D eigenvalue weighted by molar-refractivity contribution is 7.98. The summed E-state index contributed by atoms with van der Waals surface area (Å²) in [6.07, 6.45) is 2.87. The molecular formula is C15H19NOS2. The summed E-state index contributed by atoms with van der Waals surface area (Å²) in [5, 5.41) is 4.18. The molecule has 2 N–H and O–H groups in total. The smallest absolute Gasteiger partial charge is 0.140 e. The fraction of sp³-hybridized carbons (Fsp3) is 0.333. The molecule has 0 fully saturated rings. The summed E-state index contributed by atoms with van der Waals surface area (Å²) < 4.78 is 6.19. The Labute approximate surface area is 123 Å². The number of para-hydroxylation sites is 1. The van der Waals surface area contributed by atoms with Gasteiger partial charge in [-0.25, -0.2) is 0 Å². The third-order valence-corrected chi connectivity index (χ3v) is 4.53. The van der Waals surface area contributed by atoms with Crippen molar-refractivity contribution >= 4 is 23.1 Å². The Morgan fingerprint density at radius 3 is 2.74 bits per heavy atom. The summed E-state index contributed by atoms with van der Waals surface area (Å²) >= 11 is 3.37. The summed E-state index contributed by atoms with van der Waals surface area (Å²) in [6, 6.07) is 10.2. The van der Waals surface area contributed by atoms with E-state index >= 15 is 0 Å². The second-order valence-electron chi connectivity index (χ2n) is 4.32. The third-order valence-electron chi connectivity index (χ3n) is 3.05. The molecule has 0 spiro atoms. The molecule has 0 amide bonds. The lowest BCUT2D eigenvalue weighted by Crippen LogP contribution is -2.31. The minimum atomic E-state index is -0.0791. The zero-order chi connectivity index (χ0) is 13.7. The van der Waals surface area contributed by atoms with E-state index in [0.717, 1.165) is 22.6 Å². The summed E-state index contributed by atoms with van der Waals surface area (Å²) in [4.78, 5) is 1.14. The Hall–Kier alpha value is -0.970. The van der Waals surface area contributed by atoms with Crippen LogP contribution in [0, 0.1) is 0 Å². The number of rotatable bonds is 6. The van der Waals surface area contributed by atoms with Crippen molar-refractivity contribution < 1.29 is 4.74 Å². The number of nitrogens with two attached hydrogens (primary N) is 1. The van der Waals surface area contributed by atoms with Gasteiger partial charge in [0.15, 0.2) is 0 Å². The van der Waals surface area contributed by atoms with Crippen LogP contribution in [0.25, 0.3) is 0 Å². The van der Waals surface area contributed by atoms with Gasteiger partial charge in [-0.2, -0.15) is 11.3 Å². The number of hydrogen-bond acceptors (Lipinski definition) is 4. The molecule has 0 saturated heterocycles. The van der Waals surface area contributed by atoms with E-state index in [1.54, 1.807) is 23.1 Å². The van der Waals surface area contributed by atoms with E-state index in [1.807, 2.05) is 18.2 Å². The van der Waals surface area contributed by atoms with Crippen LogP contribution in [0.2, 0.25) is 0 Å². The van der Waals surface area contributed by atoms with Crippen molar-refractivity contribution in [1.82, 2.24) is 0 Å². The molecule has 4 heteroatoms. The highest BCUT2D eigenvalue weighted by atomic mass is 32.2. The summed E-state index contributed by atoms with van der Waals surface area (Å²) in [6.45, 7) is 2.09. The first-order chi connectivity index (χ1) is 9.26. The maximum Gasteiger partial charge on any atom is 0.140 e. The molecule has 2 aromatic rings. The van der Waals surface area contributed by atoms with Crippen LogP contribution in [0.4, 0.5) is 0 Å². The zero-order valence-electron chi connectivity index (χ0n) is 11.2. The Balaban J connectivity index is 2.25. The van der Waals surface area contributed by atoms with Gasteiger partial charge in [-0.3, -0.25) is 0 Å². The molecule has 2 unspecified atom stereocenters. The fourth-order valence-electron chi connectivity index (χ4n) is 1.91. The third kappa shape index (κ3) is 3.53. The Kier molecular flexibility index (Phi) is 5.31. The molecule has 0 radical (unpaired) electrons. The van der Waals surface area contributed by atoms with Crippen molar-refractivity contribution in [2.75, 3.05) is 6.26 Å². The normalized spacial score (nSPS) is 14.1. The van der Waals surface area contributed by atoms with Gasteiger partial charge in [0.2, 0.25) is 0 Å². The van der Waals surface area contributed by atoms with Gasteiger partial charge in [-0.05, 0) is 41.6 Å². The van der Waals surface area contributed by atoms with Gasteiger partial charge in [0.1, 0.15) is 11.9 Å². The van der Waals surface area contributed by atoms with Crippen molar-refractivity contribution in [2.45, 2.75) is 30.4 Å². The number of benzene rings is 1. The topological polar surface area (TPSA) is 35.2 Å². The SMILES string of the molecule is CCC(N)C(Oc1ccccc1SC)c1ccsc1. The average Bonchev–Trinajstić information content (AvgIpc) is 2.98. The van der Waals surface area contributed by atoms with Crippen LogP contribution in [0.15, 0.2) is 46.0 Å². The molecule has 0 bridgehead atoms. The zero-order valence-corrected chi connectivity index (χ0v) is 12.8. The van der Waals surface area contributed by atoms with Crippen molar-refractivity contribution in [2.24, 2.45) is 5.73 Å². The molecule has 0 aliphatic carbocycles. The van der Waals surface area contributed by atoms with Crippen molar-refractivity contribution in [1.29, 1.82) is 0 Å². The van der Waals surface area contributed by atoms with Crippen molar-refractivity contribution in [3.63, 3.8) is 0 Å². The molecule has 0 aliphatic heterocycles. The van der Waals surface area contributed by atoms with Gasteiger partial charge >= 0.3 is 0 Å². The lowest BCUT2D eigenvalue weighted by atomic mass is 10.0. The average molecular weight is 293 g/mol. The van der Waals surface area contributed by atoms with Gasteiger partial charge in [0, 0.05) is 16.5 Å². The van der Waals surface area contributed by atoms with E-state index < -0.39 is 0 Å². The summed E-state index contributed by atoms with van der Waals surface area (Å²) in [5.74, 6) is 0.912. The Morgan fingerprint density at radius 1 is 1.32 bits per heavy atom. The van der Waals surface area contributed by atoms with E-state index in [9.17, 15) is 0 Å². The van der Waals surface area contributed by atoms with Crippen LogP contribution >= 0.6 is 23.1 Å². The van der Waals surface area contributed by atoms with Crippen molar-refractivity contribution in [3.05, 3.63) is 46.7 Å². The molecule has 1 heterocycles. The highest BCUT2D eigenvalue weighted by Crippen LogP contribution is 2.33. The Bertz CT molecular complexity index is 499. The quantitative estimate of drug-likeness (QED) is 0.805. The first-order valence-electron chi connectivity index (χ1n) is 6.33. The van der Waals surface area contributed by atoms with Crippen LogP contribution in [-0.4, -0.2) is 12.3 Å². The second kappa shape index (κ2) is 6.98. The lowest BCUT2D eigenvalue weighted by molar-refractivity contribution is 0.167. The first-order valence-corrected chi connectivity index (χ1v) is 8.50. The largest absolute Gasteiger partial charge is 0.483 e. The van der Waals surface area contributed by atoms with Crippen LogP contribution in [0.1, 0.15) is 25.0 Å². The molecular weight excluding hydrogens is 274 g/mol. The van der Waals surface area contributed by atoms with Gasteiger partial charge in [0.05, 0.1) is 0 Å². The van der Waals surface area contributed by atoms with E-state index in [0.29, 0.717) is 0 Å². The minimum absolute atomic E-state index is 0.00418. The molecule has 19 heavy (non-hydrogen) atoms. The predicted octanol–water partition coefficient (Wildman–Crippen LogP) is 4.33. The lowest BCUT2D eigenvalue weighted by Gasteiger charge is -2.24. The molecule has 2 atom stereocenters. The highest BCUT2D eigenvalue weighted by Gasteiger charge is 2.21. The summed E-state index contributed by atoms with van der Waals surface area (Å²) in [5.41, 5.74) is 7.38. The fourth-order valence-corrected chi connectivity index (χ4v) is 3.12. The standard InChI is InChI=1S/C15H19NOS2/c1-3-12(16)15(11-8-9-19-10-11)17-13-6-4-5-7-14(13)18-2/h4-10,12,15H,3,16H2,1-2H3. The van der Waals surface area contributed by atoms with Crippen molar-refractivity contribution in [3.8, 4) is 5.75 Å². The number of thioether (sulfide) groups is 1. The molecule has 0 aliphatic rings. The van der Waals surface area contributed by atoms with E-state index in [-0.39, 0.29) is 12.1 Å². The van der Waals surface area contributed by atoms with E-state index in [4.69, 9.17) is 10.5 Å². The predicted molar refractivity (Wildman–Crippen MR) is 84.2 cm³/mol. The minimum Gasteiger partial charge on any atom is -0.483 e.